The minimum atomic E-state index is -4.68. The van der Waals surface area contributed by atoms with Crippen molar-refractivity contribution in [3.05, 3.63) is 87.5 Å². The normalized spacial score (nSPS) is 18.2. The van der Waals surface area contributed by atoms with Crippen LogP contribution in [0.5, 0.6) is 0 Å². The lowest BCUT2D eigenvalue weighted by molar-refractivity contribution is -0.137. The Labute approximate surface area is 215 Å². The van der Waals surface area contributed by atoms with Crippen molar-refractivity contribution in [2.45, 2.75) is 44.5 Å². The number of benzene rings is 2. The number of ether oxygens (including phenoxy) is 1. The van der Waals surface area contributed by atoms with Crippen LogP contribution in [-0.2, 0) is 18.0 Å². The lowest BCUT2D eigenvalue weighted by atomic mass is 9.92. The first-order valence-corrected chi connectivity index (χ1v) is 12.4. The van der Waals surface area contributed by atoms with Crippen LogP contribution in [0.1, 0.15) is 53.9 Å². The third-order valence-electron chi connectivity index (χ3n) is 7.25. The zero-order valence-corrected chi connectivity index (χ0v) is 20.7. The van der Waals surface area contributed by atoms with E-state index in [9.17, 15) is 18.0 Å². The van der Waals surface area contributed by atoms with Gasteiger partial charge in [-0.05, 0) is 67.7 Å². The molecule has 2 aliphatic rings. The van der Waals surface area contributed by atoms with Crippen LogP contribution in [0.25, 0.3) is 27.6 Å². The summed E-state index contributed by atoms with van der Waals surface area (Å²) < 4.78 is 64.0. The number of nitrogens with zero attached hydrogens (tertiary/aromatic N) is 4. The van der Waals surface area contributed by atoms with Crippen molar-refractivity contribution in [2.24, 2.45) is 7.05 Å². The molecule has 10 heteroatoms. The maximum Gasteiger partial charge on any atom is 0.416 e. The van der Waals surface area contributed by atoms with E-state index in [4.69, 9.17) is 4.74 Å². The van der Waals surface area contributed by atoms with Crippen molar-refractivity contribution < 1.29 is 22.3 Å². The Morgan fingerprint density at radius 3 is 2.61 bits per heavy atom. The molecule has 1 unspecified atom stereocenters. The van der Waals surface area contributed by atoms with Crippen molar-refractivity contribution in [2.75, 3.05) is 6.61 Å². The highest BCUT2D eigenvalue weighted by Crippen LogP contribution is 2.39. The maximum absolute atomic E-state index is 15.1. The summed E-state index contributed by atoms with van der Waals surface area (Å²) >= 11 is 0. The fourth-order valence-corrected chi connectivity index (χ4v) is 4.86. The van der Waals surface area contributed by atoms with Crippen molar-refractivity contribution >= 4 is 16.5 Å². The minimum Gasteiger partial charge on any atom is -0.369 e. The molecule has 6 rings (SSSR count). The van der Waals surface area contributed by atoms with Crippen LogP contribution >= 0.6 is 0 Å². The molecular formula is C28H24F4N4O2. The van der Waals surface area contributed by atoms with Gasteiger partial charge in [0.25, 0.3) is 5.56 Å². The smallest absolute Gasteiger partial charge is 0.369 e. The molecule has 196 valence electrons. The van der Waals surface area contributed by atoms with Crippen LogP contribution in [0.15, 0.2) is 53.6 Å². The van der Waals surface area contributed by atoms with E-state index in [2.05, 4.69) is 10.1 Å². The third-order valence-corrected chi connectivity index (χ3v) is 7.25. The van der Waals surface area contributed by atoms with Gasteiger partial charge in [0.2, 0.25) is 0 Å². The highest BCUT2D eigenvalue weighted by atomic mass is 19.4. The van der Waals surface area contributed by atoms with Crippen LogP contribution in [0.4, 0.5) is 17.6 Å². The molecule has 1 aliphatic heterocycles. The molecule has 3 heterocycles. The van der Waals surface area contributed by atoms with Gasteiger partial charge in [-0.1, -0.05) is 6.07 Å². The van der Waals surface area contributed by atoms with Gasteiger partial charge in [0.1, 0.15) is 17.7 Å². The quantitative estimate of drug-likeness (QED) is 0.301. The van der Waals surface area contributed by atoms with Gasteiger partial charge in [-0.3, -0.25) is 14.0 Å². The Balaban J connectivity index is 1.51. The summed E-state index contributed by atoms with van der Waals surface area (Å²) in [5.41, 5.74) is 1.50. The summed E-state index contributed by atoms with van der Waals surface area (Å²) in [7, 11) is 1.59. The molecule has 0 bridgehead atoms. The largest absolute Gasteiger partial charge is 0.416 e. The van der Waals surface area contributed by atoms with Crippen molar-refractivity contribution in [3.8, 4) is 11.1 Å². The van der Waals surface area contributed by atoms with Gasteiger partial charge in [-0.2, -0.15) is 18.3 Å². The monoisotopic (exact) mass is 524 g/mol. The molecule has 0 spiro atoms. The molecule has 0 radical (unpaired) electrons. The van der Waals surface area contributed by atoms with E-state index in [0.29, 0.717) is 36.5 Å². The molecule has 6 nitrogen and oxygen atoms in total. The zero-order chi connectivity index (χ0) is 26.8. The van der Waals surface area contributed by atoms with Gasteiger partial charge in [-0.15, -0.1) is 0 Å². The number of aryl methyl sites for hydroxylation is 1. The molecule has 38 heavy (non-hydrogen) atoms. The van der Waals surface area contributed by atoms with Crippen molar-refractivity contribution in [3.63, 3.8) is 0 Å². The SMILES string of the molecule is Cc1nc2c(-c3ccc(C(F)(F)F)cc3F)cc(C3=CC(c4cnn(C5CC5)c4)OCC3)cc2c(=O)n1C. The van der Waals surface area contributed by atoms with Gasteiger partial charge >= 0.3 is 6.18 Å². The second-order valence-corrected chi connectivity index (χ2v) is 9.85. The lowest BCUT2D eigenvalue weighted by Gasteiger charge is -2.22. The molecular weight excluding hydrogens is 500 g/mol. The first kappa shape index (κ1) is 24.5. The van der Waals surface area contributed by atoms with Gasteiger partial charge in [0.05, 0.1) is 35.3 Å². The molecule has 1 fully saturated rings. The number of rotatable bonds is 4. The highest BCUT2D eigenvalue weighted by molar-refractivity contribution is 5.96. The number of fused-ring (bicyclic) bond motifs is 1. The van der Waals surface area contributed by atoms with Gasteiger partial charge in [0, 0.05) is 29.9 Å². The molecule has 0 N–H and O–H groups in total. The Kier molecular flexibility index (Phi) is 5.75. The van der Waals surface area contributed by atoms with Crippen LogP contribution in [0.2, 0.25) is 0 Å². The third kappa shape index (κ3) is 4.32. The molecule has 0 amide bonds. The average Bonchev–Trinajstić information content (AvgIpc) is 3.63. The number of alkyl halides is 3. The van der Waals surface area contributed by atoms with E-state index >= 15 is 4.39 Å². The second kappa shape index (κ2) is 8.90. The molecule has 0 saturated heterocycles. The Morgan fingerprint density at radius 1 is 1.11 bits per heavy atom. The Hall–Kier alpha value is -3.79. The lowest BCUT2D eigenvalue weighted by Crippen LogP contribution is -2.21. The average molecular weight is 525 g/mol. The fraction of sp³-hybridized carbons (Fsp3) is 0.321. The summed E-state index contributed by atoms with van der Waals surface area (Å²) in [4.78, 5) is 17.7. The Bertz CT molecular complexity index is 1660. The standard InChI is InChI=1S/C28H24F4N4O2/c1-15-34-26-22(21-6-3-19(12-24(21)29)28(30,31)32)9-17(10-23(26)27(37)35(15)2)16-7-8-38-25(11-16)18-13-33-36(14-18)20-4-5-20/h3,6,9-14,20,25H,4-5,7-8H2,1-2H3. The molecule has 2 aromatic carbocycles. The van der Waals surface area contributed by atoms with E-state index in [1.165, 1.54) is 4.57 Å². The number of hydrogen-bond donors (Lipinski definition) is 0. The molecule has 1 atom stereocenters. The first-order valence-electron chi connectivity index (χ1n) is 12.4. The summed E-state index contributed by atoms with van der Waals surface area (Å²) in [6, 6.07) is 6.26. The van der Waals surface area contributed by atoms with E-state index in [1.807, 2.05) is 17.0 Å². The maximum atomic E-state index is 15.1. The summed E-state index contributed by atoms with van der Waals surface area (Å²) in [6.07, 6.45) is 3.47. The summed E-state index contributed by atoms with van der Waals surface area (Å²) in [5.74, 6) is -0.633. The second-order valence-electron chi connectivity index (χ2n) is 9.85. The molecule has 1 saturated carbocycles. The van der Waals surface area contributed by atoms with E-state index in [0.717, 1.165) is 36.1 Å². The first-order chi connectivity index (χ1) is 18.1. The van der Waals surface area contributed by atoms with Crippen LogP contribution in [-0.4, -0.2) is 25.9 Å². The van der Waals surface area contributed by atoms with E-state index < -0.39 is 17.6 Å². The van der Waals surface area contributed by atoms with E-state index in [-0.39, 0.29) is 33.7 Å². The highest BCUT2D eigenvalue weighted by Gasteiger charge is 2.32. The van der Waals surface area contributed by atoms with Crippen LogP contribution < -0.4 is 5.56 Å². The molecule has 4 aromatic rings. The van der Waals surface area contributed by atoms with Crippen molar-refractivity contribution in [1.82, 2.24) is 19.3 Å². The predicted molar refractivity (Wildman–Crippen MR) is 134 cm³/mol. The van der Waals surface area contributed by atoms with Crippen molar-refractivity contribution in [1.29, 1.82) is 0 Å². The van der Waals surface area contributed by atoms with Crippen LogP contribution in [0, 0.1) is 12.7 Å². The predicted octanol–water partition coefficient (Wildman–Crippen LogP) is 6.14. The van der Waals surface area contributed by atoms with E-state index in [1.54, 1.807) is 32.3 Å². The number of aromatic nitrogens is 4. The number of halogens is 4. The molecule has 2 aromatic heterocycles. The Morgan fingerprint density at radius 2 is 1.89 bits per heavy atom. The van der Waals surface area contributed by atoms with Gasteiger partial charge < -0.3 is 4.74 Å². The van der Waals surface area contributed by atoms with Gasteiger partial charge in [-0.25, -0.2) is 9.37 Å². The fourth-order valence-electron chi connectivity index (χ4n) is 4.86. The topological polar surface area (TPSA) is 61.9 Å². The number of hydrogen-bond acceptors (Lipinski definition) is 4. The molecule has 1 aliphatic carbocycles. The minimum absolute atomic E-state index is 0.0556. The zero-order valence-electron chi connectivity index (χ0n) is 20.7. The summed E-state index contributed by atoms with van der Waals surface area (Å²) in [6.45, 7) is 2.08. The summed E-state index contributed by atoms with van der Waals surface area (Å²) in [5, 5.41) is 4.70. The van der Waals surface area contributed by atoms with Gasteiger partial charge in [0.15, 0.2) is 0 Å². The van der Waals surface area contributed by atoms with Crippen LogP contribution in [0.3, 0.4) is 0 Å².